The van der Waals surface area contributed by atoms with E-state index >= 15 is 0 Å². The van der Waals surface area contributed by atoms with Crippen LogP contribution in [0.4, 0.5) is 11.4 Å². The lowest BCUT2D eigenvalue weighted by atomic mass is 10.1. The van der Waals surface area contributed by atoms with Gasteiger partial charge in [0.2, 0.25) is 4.96 Å². The molecule has 108 valence electrons. The first-order valence-corrected chi connectivity index (χ1v) is 7.05. The number of nitrogens with two attached hydrogens (primary N) is 1. The van der Waals surface area contributed by atoms with Crippen LogP contribution in [0.5, 0.6) is 0 Å². The van der Waals surface area contributed by atoms with Crippen molar-refractivity contribution in [3.63, 3.8) is 0 Å². The smallest absolute Gasteiger partial charge is 0.270 e. The number of nitrogens with zero attached hydrogens (tertiary/aromatic N) is 5. The van der Waals surface area contributed by atoms with Gasteiger partial charge in [-0.15, -0.1) is 10.2 Å². The quantitative estimate of drug-likeness (QED) is 0.452. The molecule has 0 atom stereocenters. The predicted octanol–water partition coefficient (Wildman–Crippen LogP) is 2.47. The van der Waals surface area contributed by atoms with Gasteiger partial charge in [0.1, 0.15) is 5.01 Å². The fraction of sp³-hybridized carbons (Fsp3) is 0.250. The lowest BCUT2D eigenvalue weighted by Crippen LogP contribution is -1.99. The Bertz CT molecular complexity index is 838. The zero-order chi connectivity index (χ0) is 15.1. The van der Waals surface area contributed by atoms with Crippen LogP contribution >= 0.6 is 11.3 Å². The number of aromatic nitrogens is 4. The van der Waals surface area contributed by atoms with Gasteiger partial charge >= 0.3 is 0 Å². The topological polar surface area (TPSA) is 112 Å². The van der Waals surface area contributed by atoms with Gasteiger partial charge < -0.3 is 5.73 Å². The average molecular weight is 304 g/mol. The first-order valence-electron chi connectivity index (χ1n) is 6.24. The Morgan fingerprint density at radius 3 is 2.81 bits per heavy atom. The van der Waals surface area contributed by atoms with E-state index in [9.17, 15) is 10.1 Å². The maximum atomic E-state index is 10.9. The summed E-state index contributed by atoms with van der Waals surface area (Å²) in [6, 6.07) is 4.31. The van der Waals surface area contributed by atoms with Crippen molar-refractivity contribution in [3.05, 3.63) is 34.1 Å². The first-order chi connectivity index (χ1) is 9.97. The zero-order valence-corrected chi connectivity index (χ0v) is 12.2. The third-order valence-corrected chi connectivity index (χ3v) is 3.94. The van der Waals surface area contributed by atoms with Crippen molar-refractivity contribution in [3.8, 4) is 10.6 Å². The molecular weight excluding hydrogens is 292 g/mol. The minimum atomic E-state index is -0.456. The molecule has 0 bridgehead atoms. The van der Waals surface area contributed by atoms with Crippen molar-refractivity contribution in [1.82, 2.24) is 19.8 Å². The van der Waals surface area contributed by atoms with Gasteiger partial charge in [0.15, 0.2) is 5.82 Å². The number of hydrogen-bond acceptors (Lipinski definition) is 7. The second kappa shape index (κ2) is 4.77. The SMILES string of the molecule is CC(C)c1nnc2sc(-c3cc([N+](=O)[O-])ccc3N)nn12. The highest BCUT2D eigenvalue weighted by Crippen LogP contribution is 2.33. The van der Waals surface area contributed by atoms with E-state index in [0.29, 0.717) is 21.2 Å². The summed E-state index contributed by atoms with van der Waals surface area (Å²) in [5.74, 6) is 0.925. The Hall–Kier alpha value is -2.55. The number of anilines is 1. The molecule has 2 N–H and O–H groups in total. The van der Waals surface area contributed by atoms with Crippen LogP contribution in [0.25, 0.3) is 15.5 Å². The largest absolute Gasteiger partial charge is 0.398 e. The van der Waals surface area contributed by atoms with E-state index < -0.39 is 4.92 Å². The fourth-order valence-electron chi connectivity index (χ4n) is 1.94. The van der Waals surface area contributed by atoms with Gasteiger partial charge in [-0.2, -0.15) is 9.61 Å². The van der Waals surface area contributed by atoms with Gasteiger partial charge in [0, 0.05) is 29.3 Å². The summed E-state index contributed by atoms with van der Waals surface area (Å²) in [6.07, 6.45) is 0. The molecule has 2 heterocycles. The van der Waals surface area contributed by atoms with E-state index in [2.05, 4.69) is 15.3 Å². The van der Waals surface area contributed by atoms with Crippen LogP contribution in [0.15, 0.2) is 18.2 Å². The summed E-state index contributed by atoms with van der Waals surface area (Å²) in [5, 5.41) is 24.0. The van der Waals surface area contributed by atoms with Crippen molar-refractivity contribution in [2.75, 3.05) is 5.73 Å². The van der Waals surface area contributed by atoms with E-state index in [1.165, 1.54) is 29.5 Å². The highest BCUT2D eigenvalue weighted by molar-refractivity contribution is 7.19. The molecular formula is C12H12N6O2S. The number of nitrogen functional groups attached to an aromatic ring is 1. The minimum Gasteiger partial charge on any atom is -0.398 e. The molecule has 3 aromatic rings. The van der Waals surface area contributed by atoms with Crippen LogP contribution in [-0.4, -0.2) is 24.7 Å². The van der Waals surface area contributed by atoms with E-state index in [1.807, 2.05) is 13.8 Å². The maximum absolute atomic E-state index is 10.9. The standard InChI is InChI=1S/C12H12N6O2S/c1-6(2)10-14-15-12-17(10)16-11(21-12)8-5-7(18(19)20)3-4-9(8)13/h3-6H,13H2,1-2H3. The lowest BCUT2D eigenvalue weighted by molar-refractivity contribution is -0.384. The summed E-state index contributed by atoms with van der Waals surface area (Å²) in [7, 11) is 0. The van der Waals surface area contributed by atoms with Gasteiger partial charge in [0.05, 0.1) is 4.92 Å². The highest BCUT2D eigenvalue weighted by Gasteiger charge is 2.18. The Kier molecular flexibility index (Phi) is 3.05. The molecule has 0 radical (unpaired) electrons. The van der Waals surface area contributed by atoms with E-state index in [4.69, 9.17) is 5.73 Å². The maximum Gasteiger partial charge on any atom is 0.270 e. The molecule has 9 heteroatoms. The van der Waals surface area contributed by atoms with Gasteiger partial charge in [0.25, 0.3) is 5.69 Å². The molecule has 0 saturated heterocycles. The van der Waals surface area contributed by atoms with E-state index in [1.54, 1.807) is 4.52 Å². The third-order valence-electron chi connectivity index (χ3n) is 3.01. The van der Waals surface area contributed by atoms with Crippen molar-refractivity contribution < 1.29 is 4.92 Å². The second-order valence-electron chi connectivity index (χ2n) is 4.84. The number of non-ortho nitro benzene ring substituents is 1. The van der Waals surface area contributed by atoms with Crippen LogP contribution in [0.2, 0.25) is 0 Å². The minimum absolute atomic E-state index is 0.0192. The van der Waals surface area contributed by atoms with Crippen molar-refractivity contribution in [2.45, 2.75) is 19.8 Å². The Balaban J connectivity index is 2.16. The average Bonchev–Trinajstić information content (AvgIpc) is 2.97. The number of rotatable bonds is 3. The van der Waals surface area contributed by atoms with Gasteiger partial charge in [-0.3, -0.25) is 10.1 Å². The predicted molar refractivity (Wildman–Crippen MR) is 79.3 cm³/mol. The molecule has 0 fully saturated rings. The zero-order valence-electron chi connectivity index (χ0n) is 11.3. The van der Waals surface area contributed by atoms with Crippen molar-refractivity contribution in [2.24, 2.45) is 0 Å². The molecule has 0 spiro atoms. The summed E-state index contributed by atoms with van der Waals surface area (Å²) in [5.41, 5.74) is 6.87. The van der Waals surface area contributed by atoms with Crippen molar-refractivity contribution >= 4 is 27.7 Å². The molecule has 21 heavy (non-hydrogen) atoms. The molecule has 2 aromatic heterocycles. The second-order valence-corrected chi connectivity index (χ2v) is 5.80. The lowest BCUT2D eigenvalue weighted by Gasteiger charge is -2.01. The van der Waals surface area contributed by atoms with Gasteiger partial charge in [-0.1, -0.05) is 25.2 Å². The number of nitro groups is 1. The van der Waals surface area contributed by atoms with Crippen molar-refractivity contribution in [1.29, 1.82) is 0 Å². The molecule has 1 aromatic carbocycles. The van der Waals surface area contributed by atoms with Crippen LogP contribution in [0.1, 0.15) is 25.6 Å². The third kappa shape index (κ3) is 2.21. The number of fused-ring (bicyclic) bond motifs is 1. The van der Waals surface area contributed by atoms with E-state index in [-0.39, 0.29) is 11.6 Å². The summed E-state index contributed by atoms with van der Waals surface area (Å²) >= 11 is 1.30. The Labute approximate surface area is 123 Å². The molecule has 0 aliphatic carbocycles. The van der Waals surface area contributed by atoms with Gasteiger partial charge in [-0.05, 0) is 6.07 Å². The molecule has 0 saturated carbocycles. The Morgan fingerprint density at radius 2 is 2.14 bits per heavy atom. The summed E-state index contributed by atoms with van der Waals surface area (Å²) in [6.45, 7) is 3.99. The number of benzene rings is 1. The van der Waals surface area contributed by atoms with E-state index in [0.717, 1.165) is 5.82 Å². The first kappa shape index (κ1) is 13.4. The fourth-order valence-corrected chi connectivity index (χ4v) is 2.83. The van der Waals surface area contributed by atoms with Gasteiger partial charge in [-0.25, -0.2) is 0 Å². The molecule has 0 aliphatic heterocycles. The number of nitro benzene ring substituents is 1. The van der Waals surface area contributed by atoms with Crippen LogP contribution in [-0.2, 0) is 0 Å². The highest BCUT2D eigenvalue weighted by atomic mass is 32.1. The normalized spacial score (nSPS) is 11.4. The van der Waals surface area contributed by atoms with Crippen LogP contribution in [0, 0.1) is 10.1 Å². The molecule has 0 amide bonds. The monoisotopic (exact) mass is 304 g/mol. The van der Waals surface area contributed by atoms with Crippen LogP contribution < -0.4 is 5.73 Å². The molecule has 8 nitrogen and oxygen atoms in total. The summed E-state index contributed by atoms with van der Waals surface area (Å²) in [4.78, 5) is 11.1. The molecule has 0 unspecified atom stereocenters. The molecule has 0 aliphatic rings. The summed E-state index contributed by atoms with van der Waals surface area (Å²) < 4.78 is 1.66. The Morgan fingerprint density at radius 1 is 1.38 bits per heavy atom. The molecule has 3 rings (SSSR count). The van der Waals surface area contributed by atoms with Crippen LogP contribution in [0.3, 0.4) is 0 Å². The number of hydrogen-bond donors (Lipinski definition) is 1.